The maximum atomic E-state index is 12.1. The summed E-state index contributed by atoms with van der Waals surface area (Å²) in [4.78, 5) is 37.1. The molecule has 0 atom stereocenters. The molecule has 0 aromatic heterocycles. The van der Waals surface area contributed by atoms with Gasteiger partial charge in [0.25, 0.3) is 0 Å². The lowest BCUT2D eigenvalue weighted by Gasteiger charge is -2.31. The molecule has 0 saturated carbocycles. The number of piperazine rings is 1. The van der Waals surface area contributed by atoms with E-state index in [2.05, 4.69) is 6.92 Å². The van der Waals surface area contributed by atoms with Crippen molar-refractivity contribution in [3.05, 3.63) is 0 Å². The molecule has 3 amide bonds. The monoisotopic (exact) mass is 366 g/mol. The maximum Gasteiger partial charge on any atom is 0.248 e. The van der Waals surface area contributed by atoms with Gasteiger partial charge in [0.2, 0.25) is 18.2 Å². The van der Waals surface area contributed by atoms with Gasteiger partial charge in [0.05, 0.1) is 0 Å². The van der Waals surface area contributed by atoms with Crippen LogP contribution in [0.3, 0.4) is 0 Å². The van der Waals surface area contributed by atoms with Crippen LogP contribution < -0.4 is 0 Å². The predicted molar refractivity (Wildman–Crippen MR) is 105 cm³/mol. The van der Waals surface area contributed by atoms with Crippen LogP contribution in [0.15, 0.2) is 0 Å². The lowest BCUT2D eigenvalue weighted by atomic mass is 10.0. The third kappa shape index (κ3) is 9.93. The molecule has 1 heterocycles. The molecular formula is C21H38N2O3. The Morgan fingerprint density at radius 3 is 1.81 bits per heavy atom. The molecule has 150 valence electrons. The van der Waals surface area contributed by atoms with Gasteiger partial charge < -0.3 is 4.90 Å². The second-order valence-corrected chi connectivity index (χ2v) is 7.50. The van der Waals surface area contributed by atoms with Gasteiger partial charge in [-0.1, -0.05) is 84.0 Å². The van der Waals surface area contributed by atoms with Gasteiger partial charge in [-0.25, -0.2) is 0 Å². The van der Waals surface area contributed by atoms with E-state index in [1.165, 1.54) is 70.6 Å². The molecule has 0 aliphatic carbocycles. The molecule has 1 fully saturated rings. The van der Waals surface area contributed by atoms with E-state index in [4.69, 9.17) is 0 Å². The quantitative estimate of drug-likeness (QED) is 0.321. The molecule has 1 saturated heterocycles. The smallest absolute Gasteiger partial charge is 0.248 e. The summed E-state index contributed by atoms with van der Waals surface area (Å²) in [5.74, 6) is -0.225. The summed E-state index contributed by atoms with van der Waals surface area (Å²) in [5.41, 5.74) is 0. The number of rotatable bonds is 15. The number of imide groups is 1. The van der Waals surface area contributed by atoms with Gasteiger partial charge in [0.15, 0.2) is 0 Å². The van der Waals surface area contributed by atoms with Gasteiger partial charge in [-0.15, -0.1) is 0 Å². The van der Waals surface area contributed by atoms with Crippen molar-refractivity contribution in [3.63, 3.8) is 0 Å². The van der Waals surface area contributed by atoms with Crippen LogP contribution in [-0.2, 0) is 14.4 Å². The highest BCUT2D eigenvalue weighted by atomic mass is 16.2. The molecule has 0 spiro atoms. The number of hydrogen-bond acceptors (Lipinski definition) is 3. The zero-order valence-electron chi connectivity index (χ0n) is 16.7. The van der Waals surface area contributed by atoms with Crippen molar-refractivity contribution in [2.75, 3.05) is 19.6 Å². The first kappa shape index (κ1) is 22.7. The van der Waals surface area contributed by atoms with Gasteiger partial charge >= 0.3 is 0 Å². The van der Waals surface area contributed by atoms with Crippen molar-refractivity contribution in [3.8, 4) is 0 Å². The molecule has 5 heteroatoms. The second kappa shape index (κ2) is 14.7. The second-order valence-electron chi connectivity index (χ2n) is 7.50. The minimum absolute atomic E-state index is 0.0481. The zero-order valence-corrected chi connectivity index (χ0v) is 16.7. The molecule has 0 aromatic carbocycles. The average molecular weight is 367 g/mol. The summed E-state index contributed by atoms with van der Waals surface area (Å²) in [6.07, 6.45) is 17.8. The topological polar surface area (TPSA) is 57.7 Å². The maximum absolute atomic E-state index is 12.1. The molecule has 0 unspecified atom stereocenters. The SMILES string of the molecule is CCCCCCCCCCCCCCCC(=O)N1CCN(C=O)C(=O)C1. The average Bonchev–Trinajstić information content (AvgIpc) is 2.65. The molecule has 0 aromatic rings. The summed E-state index contributed by atoms with van der Waals surface area (Å²) < 4.78 is 0. The Kier molecular flexibility index (Phi) is 12.8. The van der Waals surface area contributed by atoms with Crippen LogP contribution in [-0.4, -0.2) is 47.7 Å². The number of nitrogens with zero attached hydrogens (tertiary/aromatic N) is 2. The van der Waals surface area contributed by atoms with E-state index in [1.807, 2.05) is 0 Å². The minimum atomic E-state index is -0.273. The van der Waals surface area contributed by atoms with Crippen molar-refractivity contribution in [2.45, 2.75) is 96.8 Å². The molecule has 1 aliphatic heterocycles. The Morgan fingerprint density at radius 2 is 1.35 bits per heavy atom. The summed E-state index contributed by atoms with van der Waals surface area (Å²) in [5, 5.41) is 0. The minimum Gasteiger partial charge on any atom is -0.332 e. The van der Waals surface area contributed by atoms with Crippen LogP contribution in [0.5, 0.6) is 0 Å². The Labute approximate surface area is 159 Å². The van der Waals surface area contributed by atoms with E-state index in [9.17, 15) is 14.4 Å². The lowest BCUT2D eigenvalue weighted by Crippen LogP contribution is -2.51. The number of unbranched alkanes of at least 4 members (excludes halogenated alkanes) is 12. The van der Waals surface area contributed by atoms with E-state index in [0.29, 0.717) is 25.9 Å². The molecule has 1 aliphatic rings. The van der Waals surface area contributed by atoms with Crippen LogP contribution in [0.4, 0.5) is 0 Å². The Hall–Kier alpha value is -1.39. The largest absolute Gasteiger partial charge is 0.332 e. The molecule has 0 radical (unpaired) electrons. The van der Waals surface area contributed by atoms with Crippen molar-refractivity contribution < 1.29 is 14.4 Å². The molecule has 0 N–H and O–H groups in total. The number of hydrogen-bond donors (Lipinski definition) is 0. The van der Waals surface area contributed by atoms with Gasteiger partial charge in [-0.2, -0.15) is 0 Å². The fraction of sp³-hybridized carbons (Fsp3) is 0.857. The normalized spacial score (nSPS) is 14.7. The fourth-order valence-corrected chi connectivity index (χ4v) is 3.46. The van der Waals surface area contributed by atoms with E-state index in [0.717, 1.165) is 17.7 Å². The molecule has 26 heavy (non-hydrogen) atoms. The highest BCUT2D eigenvalue weighted by Gasteiger charge is 2.26. The van der Waals surface area contributed by atoms with Crippen LogP contribution in [0.25, 0.3) is 0 Å². The molecule has 0 bridgehead atoms. The first-order chi connectivity index (χ1) is 12.7. The summed E-state index contributed by atoms with van der Waals surface area (Å²) in [6.45, 7) is 3.11. The van der Waals surface area contributed by atoms with E-state index >= 15 is 0 Å². The van der Waals surface area contributed by atoms with Gasteiger partial charge in [-0.3, -0.25) is 19.3 Å². The lowest BCUT2D eigenvalue weighted by molar-refractivity contribution is -0.148. The molecule has 1 rings (SSSR count). The predicted octanol–water partition coefficient (Wildman–Crippen LogP) is 4.29. The molecular weight excluding hydrogens is 328 g/mol. The number of carbonyl (C=O) groups excluding carboxylic acids is 3. The van der Waals surface area contributed by atoms with Crippen LogP contribution >= 0.6 is 0 Å². The number of amides is 3. The van der Waals surface area contributed by atoms with E-state index in [-0.39, 0.29) is 18.4 Å². The van der Waals surface area contributed by atoms with Gasteiger partial charge in [-0.05, 0) is 6.42 Å². The third-order valence-electron chi connectivity index (χ3n) is 5.23. The number of carbonyl (C=O) groups is 3. The van der Waals surface area contributed by atoms with Gasteiger partial charge in [0, 0.05) is 19.5 Å². The summed E-state index contributed by atoms with van der Waals surface area (Å²) in [7, 11) is 0. The zero-order chi connectivity index (χ0) is 19.0. The molecule has 5 nitrogen and oxygen atoms in total. The van der Waals surface area contributed by atoms with Crippen molar-refractivity contribution in [1.82, 2.24) is 9.80 Å². The standard InChI is InChI=1S/C21H38N2O3/c1-2-3-4-5-6-7-8-9-10-11-12-13-14-15-20(25)22-16-17-23(19-24)21(26)18-22/h19H,2-18H2,1H3. The third-order valence-corrected chi connectivity index (χ3v) is 5.23. The van der Waals surface area contributed by atoms with E-state index < -0.39 is 0 Å². The highest BCUT2D eigenvalue weighted by Crippen LogP contribution is 2.13. The summed E-state index contributed by atoms with van der Waals surface area (Å²) in [6, 6.07) is 0. The van der Waals surface area contributed by atoms with Crippen molar-refractivity contribution >= 4 is 18.2 Å². The van der Waals surface area contributed by atoms with Crippen molar-refractivity contribution in [1.29, 1.82) is 0 Å². The van der Waals surface area contributed by atoms with Crippen LogP contribution in [0.1, 0.15) is 96.8 Å². The summed E-state index contributed by atoms with van der Waals surface area (Å²) >= 11 is 0. The van der Waals surface area contributed by atoms with Crippen LogP contribution in [0.2, 0.25) is 0 Å². The first-order valence-corrected chi connectivity index (χ1v) is 10.7. The fourth-order valence-electron chi connectivity index (χ4n) is 3.46. The Bertz CT molecular complexity index is 412. The van der Waals surface area contributed by atoms with Gasteiger partial charge in [0.1, 0.15) is 6.54 Å². The highest BCUT2D eigenvalue weighted by molar-refractivity contribution is 5.91. The van der Waals surface area contributed by atoms with Crippen LogP contribution in [0, 0.1) is 0 Å². The first-order valence-electron chi connectivity index (χ1n) is 10.7. The van der Waals surface area contributed by atoms with Crippen molar-refractivity contribution in [2.24, 2.45) is 0 Å². The Morgan fingerprint density at radius 1 is 0.846 bits per heavy atom. The Balaban J connectivity index is 1.89. The van der Waals surface area contributed by atoms with E-state index in [1.54, 1.807) is 4.90 Å².